The van der Waals surface area contributed by atoms with Gasteiger partial charge in [-0.15, -0.1) is 0 Å². The first-order valence-corrected chi connectivity index (χ1v) is 4.29. The average molecular weight is 179 g/mol. The van der Waals surface area contributed by atoms with Gasteiger partial charge in [-0.05, 0) is 32.9 Å². The zero-order valence-corrected chi connectivity index (χ0v) is 8.28. The summed E-state index contributed by atoms with van der Waals surface area (Å²) in [4.78, 5) is 0. The fourth-order valence-electron chi connectivity index (χ4n) is 0.723. The second-order valence-corrected chi connectivity index (χ2v) is 3.76. The van der Waals surface area contributed by atoms with E-state index in [2.05, 4.69) is 0 Å². The topological polar surface area (TPSA) is 18.5 Å². The maximum Gasteiger partial charge on any atom is 0.263 e. The summed E-state index contributed by atoms with van der Waals surface area (Å²) in [6.45, 7) is 7.28. The first-order chi connectivity index (χ1) is 6.08. The van der Waals surface area contributed by atoms with E-state index in [1.54, 1.807) is 0 Å². The molecule has 0 aliphatic carbocycles. The lowest BCUT2D eigenvalue weighted by Crippen LogP contribution is -2.18. The van der Waals surface area contributed by atoms with Crippen molar-refractivity contribution >= 4 is 0 Å². The van der Waals surface area contributed by atoms with Gasteiger partial charge in [-0.25, -0.2) is 0 Å². The van der Waals surface area contributed by atoms with Crippen LogP contribution in [0.15, 0.2) is 30.3 Å². The molecule has 1 aromatic carbocycles. The van der Waals surface area contributed by atoms with Gasteiger partial charge in [0.25, 0.3) is 6.79 Å². The number of benzene rings is 1. The van der Waals surface area contributed by atoms with Crippen LogP contribution in [0.4, 0.5) is 0 Å². The molecule has 0 N–H and O–H groups in total. The van der Waals surface area contributed by atoms with E-state index < -0.39 is 0 Å². The van der Waals surface area contributed by atoms with Crippen LogP contribution < -0.4 is 4.74 Å². The standard InChI is InChI=1S/C11H15O2/c1-11(2,3)13-9-12-10-7-5-4-6-8-10/h4-9H,1-3H3. The summed E-state index contributed by atoms with van der Waals surface area (Å²) in [5, 5.41) is 0. The van der Waals surface area contributed by atoms with Crippen LogP contribution in [-0.4, -0.2) is 5.60 Å². The molecule has 0 heterocycles. The Bertz CT molecular complexity index is 236. The van der Waals surface area contributed by atoms with Crippen LogP contribution in [0.25, 0.3) is 0 Å². The molecule has 0 aliphatic rings. The highest BCUT2D eigenvalue weighted by Crippen LogP contribution is 2.13. The van der Waals surface area contributed by atoms with E-state index in [-0.39, 0.29) is 5.60 Å². The number of hydrogen-bond donors (Lipinski definition) is 0. The van der Waals surface area contributed by atoms with Crippen molar-refractivity contribution in [2.75, 3.05) is 0 Å². The van der Waals surface area contributed by atoms with Crippen LogP contribution in [0.1, 0.15) is 20.8 Å². The molecule has 0 amide bonds. The van der Waals surface area contributed by atoms with Gasteiger partial charge in [-0.2, -0.15) is 0 Å². The van der Waals surface area contributed by atoms with Crippen LogP contribution in [0.5, 0.6) is 5.75 Å². The Labute approximate surface area is 79.5 Å². The van der Waals surface area contributed by atoms with Crippen molar-refractivity contribution in [1.82, 2.24) is 0 Å². The molecule has 0 aromatic heterocycles. The molecule has 0 unspecified atom stereocenters. The van der Waals surface area contributed by atoms with E-state index in [0.717, 1.165) is 5.75 Å². The van der Waals surface area contributed by atoms with Gasteiger partial charge in [-0.1, -0.05) is 18.2 Å². The Morgan fingerprint density at radius 1 is 1.08 bits per heavy atom. The zero-order chi connectivity index (χ0) is 9.73. The van der Waals surface area contributed by atoms with E-state index >= 15 is 0 Å². The summed E-state index contributed by atoms with van der Waals surface area (Å²) in [7, 11) is 0. The molecule has 0 spiro atoms. The van der Waals surface area contributed by atoms with Crippen molar-refractivity contribution in [2.24, 2.45) is 0 Å². The SMILES string of the molecule is CC(C)(C)O[CH]Oc1ccccc1. The van der Waals surface area contributed by atoms with Crippen LogP contribution >= 0.6 is 0 Å². The summed E-state index contributed by atoms with van der Waals surface area (Å²) in [6.07, 6.45) is 0. The summed E-state index contributed by atoms with van der Waals surface area (Å²) in [5.41, 5.74) is -0.200. The molecule has 13 heavy (non-hydrogen) atoms. The molecule has 1 rings (SSSR count). The molecule has 0 aliphatic heterocycles. The minimum Gasteiger partial charge on any atom is -0.458 e. The first-order valence-electron chi connectivity index (χ1n) is 4.29. The molecule has 1 aromatic rings. The Morgan fingerprint density at radius 3 is 2.23 bits per heavy atom. The number of hydrogen-bond acceptors (Lipinski definition) is 2. The molecule has 0 fully saturated rings. The van der Waals surface area contributed by atoms with Crippen molar-refractivity contribution < 1.29 is 9.47 Å². The van der Waals surface area contributed by atoms with Crippen molar-refractivity contribution in [1.29, 1.82) is 0 Å². The van der Waals surface area contributed by atoms with Gasteiger partial charge in [0, 0.05) is 0 Å². The van der Waals surface area contributed by atoms with Crippen LogP contribution in [0.3, 0.4) is 0 Å². The third-order valence-electron chi connectivity index (χ3n) is 1.33. The lowest BCUT2D eigenvalue weighted by Gasteiger charge is -2.18. The Hall–Kier alpha value is -1.02. The minimum absolute atomic E-state index is 0.200. The predicted octanol–water partition coefficient (Wildman–Crippen LogP) is 3.00. The molecule has 0 saturated heterocycles. The molecule has 2 heteroatoms. The summed E-state index contributed by atoms with van der Waals surface area (Å²) < 4.78 is 10.5. The molecule has 0 saturated carbocycles. The molecular formula is C11H15O2. The third kappa shape index (κ3) is 4.53. The molecular weight excluding hydrogens is 164 g/mol. The van der Waals surface area contributed by atoms with E-state index in [9.17, 15) is 0 Å². The quantitative estimate of drug-likeness (QED) is 0.710. The fraction of sp³-hybridized carbons (Fsp3) is 0.364. The summed E-state index contributed by atoms with van der Waals surface area (Å²) >= 11 is 0. The number of para-hydroxylation sites is 1. The highest BCUT2D eigenvalue weighted by molar-refractivity contribution is 5.21. The van der Waals surface area contributed by atoms with Gasteiger partial charge in [0.2, 0.25) is 0 Å². The normalized spacial score (nSPS) is 11.3. The lowest BCUT2D eigenvalue weighted by atomic mass is 10.2. The van der Waals surface area contributed by atoms with Gasteiger partial charge >= 0.3 is 0 Å². The first kappa shape index (κ1) is 10.1. The monoisotopic (exact) mass is 179 g/mol. The second-order valence-electron chi connectivity index (χ2n) is 3.76. The van der Waals surface area contributed by atoms with E-state index in [4.69, 9.17) is 9.47 Å². The van der Waals surface area contributed by atoms with Gasteiger partial charge in [-0.3, -0.25) is 0 Å². The highest BCUT2D eigenvalue weighted by atomic mass is 16.7. The minimum atomic E-state index is -0.200. The Kier molecular flexibility index (Phi) is 3.32. The van der Waals surface area contributed by atoms with E-state index in [0.29, 0.717) is 0 Å². The Balaban J connectivity index is 2.29. The van der Waals surface area contributed by atoms with Crippen molar-refractivity contribution in [3.05, 3.63) is 37.1 Å². The molecule has 2 nitrogen and oxygen atoms in total. The highest BCUT2D eigenvalue weighted by Gasteiger charge is 2.10. The van der Waals surface area contributed by atoms with E-state index in [1.807, 2.05) is 51.1 Å². The summed E-state index contributed by atoms with van der Waals surface area (Å²) in [5.74, 6) is 0.784. The molecule has 1 radical (unpaired) electrons. The largest absolute Gasteiger partial charge is 0.458 e. The van der Waals surface area contributed by atoms with Crippen molar-refractivity contribution in [3.8, 4) is 5.75 Å². The number of ether oxygens (including phenoxy) is 2. The maximum atomic E-state index is 5.29. The fourth-order valence-corrected chi connectivity index (χ4v) is 0.723. The van der Waals surface area contributed by atoms with Gasteiger partial charge < -0.3 is 9.47 Å². The average Bonchev–Trinajstić information content (AvgIpc) is 2.04. The summed E-state index contributed by atoms with van der Waals surface area (Å²) in [6, 6.07) is 9.53. The van der Waals surface area contributed by atoms with Gasteiger partial charge in [0.1, 0.15) is 5.75 Å². The van der Waals surface area contributed by atoms with Crippen molar-refractivity contribution in [2.45, 2.75) is 26.4 Å². The van der Waals surface area contributed by atoms with Crippen molar-refractivity contribution in [3.63, 3.8) is 0 Å². The third-order valence-corrected chi connectivity index (χ3v) is 1.33. The van der Waals surface area contributed by atoms with Crippen LogP contribution in [0.2, 0.25) is 0 Å². The van der Waals surface area contributed by atoms with Gasteiger partial charge in [0.15, 0.2) is 0 Å². The molecule has 71 valence electrons. The molecule has 0 bridgehead atoms. The lowest BCUT2D eigenvalue weighted by molar-refractivity contribution is -0.0171. The van der Waals surface area contributed by atoms with Crippen LogP contribution in [0, 0.1) is 6.79 Å². The smallest absolute Gasteiger partial charge is 0.263 e. The van der Waals surface area contributed by atoms with Gasteiger partial charge in [0.05, 0.1) is 5.60 Å². The number of rotatable bonds is 3. The Morgan fingerprint density at radius 2 is 1.69 bits per heavy atom. The predicted molar refractivity (Wildman–Crippen MR) is 52.2 cm³/mol. The second kappa shape index (κ2) is 4.28. The maximum absolute atomic E-state index is 5.29. The zero-order valence-electron chi connectivity index (χ0n) is 8.28. The van der Waals surface area contributed by atoms with E-state index in [1.165, 1.54) is 6.79 Å². The molecule has 0 atom stereocenters. The van der Waals surface area contributed by atoms with Crippen LogP contribution in [-0.2, 0) is 4.74 Å².